The second-order valence-corrected chi connectivity index (χ2v) is 13.0. The van der Waals surface area contributed by atoms with Crippen molar-refractivity contribution in [3.05, 3.63) is 0 Å². The minimum Gasteiger partial charge on any atom is -0.417 e. The molecule has 0 radical (unpaired) electrons. The molecule has 0 aromatic rings. The molecule has 0 amide bonds. The minimum atomic E-state index is -6.63. The third kappa shape index (κ3) is 6.27. The van der Waals surface area contributed by atoms with Crippen molar-refractivity contribution in [2.75, 3.05) is 6.61 Å². The summed E-state index contributed by atoms with van der Waals surface area (Å²) in [6, 6.07) is 0. The van der Waals surface area contributed by atoms with Crippen LogP contribution < -0.4 is 0 Å². The maximum absolute atomic E-state index is 13.8. The second-order valence-electron chi connectivity index (χ2n) is 8.14. The first-order valence-corrected chi connectivity index (χ1v) is 11.5. The molecule has 0 saturated carbocycles. The van der Waals surface area contributed by atoms with Crippen LogP contribution in [-0.2, 0) is 4.43 Å². The smallest absolute Gasteiger partial charge is 0.417 e. The molecule has 0 aromatic carbocycles. The molecule has 164 valence electrons. The van der Waals surface area contributed by atoms with Gasteiger partial charge in [-0.1, -0.05) is 33.6 Å². The van der Waals surface area contributed by atoms with E-state index in [1.807, 2.05) is 33.9 Å². The molecule has 0 rings (SSSR count). The van der Waals surface area contributed by atoms with Crippen LogP contribution in [0.2, 0.25) is 18.1 Å². The fourth-order valence-corrected chi connectivity index (χ4v) is 3.16. The quantitative estimate of drug-likeness (QED) is 0.208. The van der Waals surface area contributed by atoms with Gasteiger partial charge in [-0.2, -0.15) is 35.1 Å². The Balaban J connectivity index is 4.64. The first-order valence-electron chi connectivity index (χ1n) is 8.55. The maximum atomic E-state index is 13.8. The highest BCUT2D eigenvalue weighted by Crippen LogP contribution is 2.54. The van der Waals surface area contributed by atoms with Gasteiger partial charge in [-0.15, -0.1) is 0 Å². The maximum Gasteiger partial charge on any atom is 0.457 e. The number of rotatable bonds is 9. The summed E-state index contributed by atoms with van der Waals surface area (Å²) in [6.07, 6.45) is -15.1. The summed E-state index contributed by atoms with van der Waals surface area (Å²) in [4.78, 5) is 0. The van der Waals surface area contributed by atoms with Crippen LogP contribution in [0.25, 0.3) is 0 Å². The van der Waals surface area contributed by atoms with Gasteiger partial charge in [0.15, 0.2) is 8.32 Å². The Morgan fingerprint density at radius 1 is 0.667 bits per heavy atom. The molecule has 27 heavy (non-hydrogen) atoms. The van der Waals surface area contributed by atoms with Gasteiger partial charge in [0.05, 0.1) is 0 Å². The van der Waals surface area contributed by atoms with Gasteiger partial charge in [0.2, 0.25) is 0 Å². The molecule has 11 heteroatoms. The predicted molar refractivity (Wildman–Crippen MR) is 87.1 cm³/mol. The minimum absolute atomic E-state index is 0.0449. The van der Waals surface area contributed by atoms with Crippen LogP contribution in [-0.4, -0.2) is 38.9 Å². The van der Waals surface area contributed by atoms with Gasteiger partial charge in [0, 0.05) is 6.61 Å². The van der Waals surface area contributed by atoms with E-state index in [-0.39, 0.29) is 17.9 Å². The highest BCUT2D eigenvalue weighted by atomic mass is 28.4. The molecule has 1 nitrogen and oxygen atoms in total. The summed E-state index contributed by atoms with van der Waals surface area (Å²) in [5.41, 5.74) is -5.64. The molecular weight excluding hydrogens is 407 g/mol. The molecule has 0 aliphatic carbocycles. The Hall–Kier alpha value is -0.453. The van der Waals surface area contributed by atoms with Crippen LogP contribution in [0.5, 0.6) is 0 Å². The van der Waals surface area contributed by atoms with Gasteiger partial charge in [0.25, 0.3) is 5.67 Å². The Morgan fingerprint density at radius 2 is 1.11 bits per heavy atom. The van der Waals surface area contributed by atoms with E-state index < -0.39 is 45.1 Å². The Kier molecular flexibility index (Phi) is 8.36. The zero-order valence-electron chi connectivity index (χ0n) is 16.1. The summed E-state index contributed by atoms with van der Waals surface area (Å²) in [7, 11) is -2.01. The van der Waals surface area contributed by atoms with Crippen LogP contribution >= 0.6 is 0 Å². The van der Waals surface area contributed by atoms with Crippen molar-refractivity contribution < 1.29 is 43.9 Å². The van der Waals surface area contributed by atoms with Crippen molar-refractivity contribution >= 4 is 8.32 Å². The molecule has 0 spiro atoms. The van der Waals surface area contributed by atoms with Gasteiger partial charge < -0.3 is 4.43 Å². The lowest BCUT2D eigenvalue weighted by atomic mass is 9.89. The zero-order chi connectivity index (χ0) is 21.9. The van der Waals surface area contributed by atoms with Gasteiger partial charge in [-0.05, 0) is 37.4 Å². The number of hydrogen-bond acceptors (Lipinski definition) is 1. The van der Waals surface area contributed by atoms with Crippen molar-refractivity contribution in [3.8, 4) is 0 Å². The van der Waals surface area contributed by atoms with Crippen LogP contribution in [0.15, 0.2) is 0 Å². The fourth-order valence-electron chi connectivity index (χ4n) is 2.07. The average Bonchev–Trinajstić information content (AvgIpc) is 2.41. The molecule has 0 fully saturated rings. The SMILES string of the molecule is CC(C)(C)[Si](C)(C)OCCCCCCC(F)(C(F)(F)F)C(F)(F)C(F)(F)F. The topological polar surface area (TPSA) is 9.23 Å². The Morgan fingerprint density at radius 3 is 1.48 bits per heavy atom. The lowest BCUT2D eigenvalue weighted by molar-refractivity contribution is -0.384. The highest BCUT2D eigenvalue weighted by Gasteiger charge is 2.80. The van der Waals surface area contributed by atoms with E-state index in [4.69, 9.17) is 4.43 Å². The van der Waals surface area contributed by atoms with E-state index in [1.54, 1.807) is 0 Å². The molecule has 0 heterocycles. The average molecular weight is 434 g/mol. The summed E-state index contributed by atoms with van der Waals surface area (Å²) in [5.74, 6) is -6.51. The Bertz CT molecular complexity index is 466. The first kappa shape index (κ1) is 26.5. The molecule has 0 aliphatic heterocycles. The van der Waals surface area contributed by atoms with E-state index >= 15 is 0 Å². The van der Waals surface area contributed by atoms with Gasteiger partial charge in [-0.25, -0.2) is 4.39 Å². The molecule has 0 aliphatic rings. The molecular formula is C16H27F9OSi. The zero-order valence-corrected chi connectivity index (χ0v) is 17.1. The van der Waals surface area contributed by atoms with Crippen LogP contribution in [0, 0.1) is 0 Å². The van der Waals surface area contributed by atoms with Crippen molar-refractivity contribution in [2.24, 2.45) is 0 Å². The second kappa shape index (κ2) is 8.50. The van der Waals surface area contributed by atoms with E-state index in [0.717, 1.165) is 0 Å². The van der Waals surface area contributed by atoms with E-state index in [9.17, 15) is 39.5 Å². The molecule has 0 aromatic heterocycles. The van der Waals surface area contributed by atoms with E-state index in [1.165, 1.54) is 0 Å². The molecule has 0 N–H and O–H groups in total. The highest BCUT2D eigenvalue weighted by molar-refractivity contribution is 6.74. The number of halogens is 9. The van der Waals surface area contributed by atoms with Crippen molar-refractivity contribution in [3.63, 3.8) is 0 Å². The molecule has 0 saturated heterocycles. The van der Waals surface area contributed by atoms with Gasteiger partial charge >= 0.3 is 18.3 Å². The van der Waals surface area contributed by atoms with Crippen LogP contribution in [0.4, 0.5) is 39.5 Å². The first-order chi connectivity index (χ1) is 11.7. The Labute approximate surface area is 154 Å². The number of unbranched alkanes of at least 4 members (excludes halogenated alkanes) is 3. The lowest BCUT2D eigenvalue weighted by Gasteiger charge is -2.36. The van der Waals surface area contributed by atoms with Crippen LogP contribution in [0.1, 0.15) is 52.9 Å². The molecule has 0 bridgehead atoms. The van der Waals surface area contributed by atoms with Crippen LogP contribution in [0.3, 0.4) is 0 Å². The van der Waals surface area contributed by atoms with E-state index in [0.29, 0.717) is 13.0 Å². The largest absolute Gasteiger partial charge is 0.457 e. The molecule has 1 atom stereocenters. The summed E-state index contributed by atoms with van der Waals surface area (Å²) >= 11 is 0. The third-order valence-corrected chi connectivity index (χ3v) is 9.53. The number of hydrogen-bond donors (Lipinski definition) is 0. The summed E-state index contributed by atoms with van der Waals surface area (Å²) < 4.78 is 120. The standard InChI is InChI=1S/C16H27F9OSi/c1-12(2,3)27(4,5)26-11-9-7-6-8-10-13(17,15(20,21)22)14(18,19)16(23,24)25/h6-11H2,1-5H3. The number of alkyl halides is 9. The van der Waals surface area contributed by atoms with Crippen molar-refractivity contribution in [2.45, 2.75) is 95.0 Å². The predicted octanol–water partition coefficient (Wildman–Crippen LogP) is 7.43. The van der Waals surface area contributed by atoms with Gasteiger partial charge in [0.1, 0.15) is 0 Å². The fraction of sp³-hybridized carbons (Fsp3) is 1.00. The van der Waals surface area contributed by atoms with Crippen molar-refractivity contribution in [1.82, 2.24) is 0 Å². The molecule has 1 unspecified atom stereocenters. The normalized spacial score (nSPS) is 17.1. The van der Waals surface area contributed by atoms with Gasteiger partial charge in [-0.3, -0.25) is 0 Å². The van der Waals surface area contributed by atoms with Crippen molar-refractivity contribution in [1.29, 1.82) is 0 Å². The monoisotopic (exact) mass is 434 g/mol. The lowest BCUT2D eigenvalue weighted by Crippen LogP contribution is -2.62. The summed E-state index contributed by atoms with van der Waals surface area (Å²) in [5, 5.41) is -0.0449. The summed E-state index contributed by atoms with van der Waals surface area (Å²) in [6.45, 7) is 10.3. The van der Waals surface area contributed by atoms with E-state index in [2.05, 4.69) is 0 Å². The third-order valence-electron chi connectivity index (χ3n) is 4.99.